The normalized spacial score (nSPS) is 10.5. The summed E-state index contributed by atoms with van der Waals surface area (Å²) in [5.41, 5.74) is 1.45. The van der Waals surface area contributed by atoms with Crippen LogP contribution in [0.3, 0.4) is 0 Å². The van der Waals surface area contributed by atoms with Crippen LogP contribution in [-0.2, 0) is 0 Å². The van der Waals surface area contributed by atoms with Gasteiger partial charge in [0.1, 0.15) is 11.5 Å². The summed E-state index contributed by atoms with van der Waals surface area (Å²) in [6.07, 6.45) is 0. The zero-order valence-corrected chi connectivity index (χ0v) is 10.2. The van der Waals surface area contributed by atoms with Gasteiger partial charge in [0.2, 0.25) is 0 Å². The van der Waals surface area contributed by atoms with Crippen molar-refractivity contribution in [1.82, 2.24) is 0 Å². The molecule has 3 aromatic rings. The summed E-state index contributed by atoms with van der Waals surface area (Å²) < 4.78 is 0. The van der Waals surface area contributed by atoms with Crippen LogP contribution in [0.4, 0.5) is 11.4 Å². The largest absolute Gasteiger partial charge is 0.508 e. The van der Waals surface area contributed by atoms with E-state index >= 15 is 0 Å². The Morgan fingerprint density at radius 2 is 1.53 bits per heavy atom. The molecule has 0 aliphatic rings. The molecule has 3 N–H and O–H groups in total. The smallest absolute Gasteiger partial charge is 0.142 e. The first-order chi connectivity index (χ1) is 9.22. The first kappa shape index (κ1) is 11.4. The lowest BCUT2D eigenvalue weighted by molar-refractivity contribution is 0.452. The van der Waals surface area contributed by atoms with Gasteiger partial charge in [-0.2, -0.15) is 0 Å². The van der Waals surface area contributed by atoms with Crippen molar-refractivity contribution in [2.45, 2.75) is 0 Å². The molecule has 3 aromatic carbocycles. The van der Waals surface area contributed by atoms with Crippen LogP contribution < -0.4 is 5.32 Å². The van der Waals surface area contributed by atoms with E-state index in [9.17, 15) is 10.2 Å². The van der Waals surface area contributed by atoms with Crippen LogP contribution in [0.5, 0.6) is 11.5 Å². The fraction of sp³-hybridized carbons (Fsp3) is 0. The molecule has 3 rings (SSSR count). The number of nitrogens with one attached hydrogen (secondary N) is 1. The number of hydrogen-bond acceptors (Lipinski definition) is 3. The lowest BCUT2D eigenvalue weighted by Crippen LogP contribution is -1.90. The van der Waals surface area contributed by atoms with Crippen molar-refractivity contribution in [3.8, 4) is 11.5 Å². The van der Waals surface area contributed by atoms with Crippen LogP contribution in [-0.4, -0.2) is 10.2 Å². The van der Waals surface area contributed by atoms with Gasteiger partial charge in [0.25, 0.3) is 0 Å². The highest BCUT2D eigenvalue weighted by Crippen LogP contribution is 2.30. The van der Waals surface area contributed by atoms with E-state index in [0.717, 1.165) is 11.1 Å². The van der Waals surface area contributed by atoms with Crippen molar-refractivity contribution in [2.24, 2.45) is 0 Å². The summed E-state index contributed by atoms with van der Waals surface area (Å²) in [6.45, 7) is 0. The average molecular weight is 251 g/mol. The first-order valence-corrected chi connectivity index (χ1v) is 6.00. The van der Waals surface area contributed by atoms with E-state index in [-0.39, 0.29) is 11.5 Å². The fourth-order valence-electron chi connectivity index (χ4n) is 2.05. The molecule has 0 amide bonds. The highest BCUT2D eigenvalue weighted by molar-refractivity contribution is 5.86. The van der Waals surface area contributed by atoms with Crippen molar-refractivity contribution in [2.75, 3.05) is 5.32 Å². The van der Waals surface area contributed by atoms with Gasteiger partial charge < -0.3 is 15.5 Å². The highest BCUT2D eigenvalue weighted by atomic mass is 16.3. The van der Waals surface area contributed by atoms with Crippen molar-refractivity contribution in [3.63, 3.8) is 0 Å². The third-order valence-electron chi connectivity index (χ3n) is 3.01. The molecule has 0 heterocycles. The molecule has 0 atom stereocenters. The van der Waals surface area contributed by atoms with E-state index in [1.807, 2.05) is 36.4 Å². The second kappa shape index (κ2) is 4.53. The molecule has 0 radical (unpaired) electrons. The van der Waals surface area contributed by atoms with E-state index in [2.05, 4.69) is 11.4 Å². The summed E-state index contributed by atoms with van der Waals surface area (Å²) in [4.78, 5) is 0. The maximum atomic E-state index is 9.74. The molecule has 0 saturated carbocycles. The molecule has 3 nitrogen and oxygen atoms in total. The van der Waals surface area contributed by atoms with Gasteiger partial charge in [-0.05, 0) is 35.0 Å². The highest BCUT2D eigenvalue weighted by Gasteiger charge is 2.03. The zero-order valence-electron chi connectivity index (χ0n) is 10.2. The topological polar surface area (TPSA) is 52.5 Å². The van der Waals surface area contributed by atoms with Gasteiger partial charge in [0, 0.05) is 11.8 Å². The minimum Gasteiger partial charge on any atom is -0.508 e. The lowest BCUT2D eigenvalue weighted by Gasteiger charge is -2.09. The van der Waals surface area contributed by atoms with E-state index in [0.29, 0.717) is 5.69 Å². The van der Waals surface area contributed by atoms with Gasteiger partial charge in [0.05, 0.1) is 5.69 Å². The second-order valence-electron chi connectivity index (χ2n) is 4.39. The quantitative estimate of drug-likeness (QED) is 0.476. The maximum absolute atomic E-state index is 9.74. The molecule has 0 bridgehead atoms. The van der Waals surface area contributed by atoms with Crippen LogP contribution in [0, 0.1) is 0 Å². The lowest BCUT2D eigenvalue weighted by atomic mass is 10.1. The number of phenols is 2. The Hall–Kier alpha value is -2.68. The van der Waals surface area contributed by atoms with E-state index < -0.39 is 0 Å². The van der Waals surface area contributed by atoms with Crippen LogP contribution >= 0.6 is 0 Å². The molecule has 0 unspecified atom stereocenters. The van der Waals surface area contributed by atoms with E-state index in [4.69, 9.17) is 0 Å². The van der Waals surface area contributed by atoms with E-state index in [1.165, 1.54) is 17.5 Å². The molecular formula is C16H13NO2. The Labute approximate surface area is 110 Å². The Morgan fingerprint density at radius 1 is 0.737 bits per heavy atom. The second-order valence-corrected chi connectivity index (χ2v) is 4.39. The van der Waals surface area contributed by atoms with Crippen molar-refractivity contribution in [3.05, 3.63) is 60.7 Å². The fourth-order valence-corrected chi connectivity index (χ4v) is 2.05. The number of phenolic OH excluding ortho intramolecular Hbond substituents is 2. The van der Waals surface area contributed by atoms with Crippen LogP contribution in [0.15, 0.2) is 60.7 Å². The van der Waals surface area contributed by atoms with Gasteiger partial charge >= 0.3 is 0 Å². The first-order valence-electron chi connectivity index (χ1n) is 6.00. The summed E-state index contributed by atoms with van der Waals surface area (Å²) >= 11 is 0. The summed E-state index contributed by atoms with van der Waals surface area (Å²) in [7, 11) is 0. The summed E-state index contributed by atoms with van der Waals surface area (Å²) in [5.74, 6) is 0.0646. The Morgan fingerprint density at radius 3 is 2.32 bits per heavy atom. The minimum atomic E-state index is 0.0214. The number of aromatic hydroxyl groups is 2. The van der Waals surface area contributed by atoms with Gasteiger partial charge in [-0.25, -0.2) is 0 Å². The van der Waals surface area contributed by atoms with Gasteiger partial charge in [0.15, 0.2) is 0 Å². The minimum absolute atomic E-state index is 0.0214. The standard InChI is InChI=1S/C16H13NO2/c18-14-7-8-15(16(19)10-14)17-13-6-5-11-3-1-2-4-12(11)9-13/h1-10,17-19H. The average Bonchev–Trinajstić information content (AvgIpc) is 2.42. The molecule has 3 heteroatoms. The van der Waals surface area contributed by atoms with Gasteiger partial charge in [-0.1, -0.05) is 30.3 Å². The Bertz CT molecular complexity index is 738. The predicted molar refractivity (Wildman–Crippen MR) is 77.0 cm³/mol. The van der Waals surface area contributed by atoms with Crippen molar-refractivity contribution in [1.29, 1.82) is 0 Å². The van der Waals surface area contributed by atoms with Crippen molar-refractivity contribution >= 4 is 22.1 Å². The third-order valence-corrected chi connectivity index (χ3v) is 3.01. The Kier molecular flexibility index (Phi) is 2.72. The molecule has 0 fully saturated rings. The Balaban J connectivity index is 1.96. The molecular weight excluding hydrogens is 238 g/mol. The molecule has 0 saturated heterocycles. The summed E-state index contributed by atoms with van der Waals surface area (Å²) in [5, 5.41) is 24.4. The van der Waals surface area contributed by atoms with E-state index in [1.54, 1.807) is 6.07 Å². The molecule has 0 aliphatic carbocycles. The molecule has 0 aliphatic heterocycles. The van der Waals surface area contributed by atoms with Gasteiger partial charge in [-0.3, -0.25) is 0 Å². The number of anilines is 2. The van der Waals surface area contributed by atoms with Crippen LogP contribution in [0.2, 0.25) is 0 Å². The molecule has 0 aromatic heterocycles. The third kappa shape index (κ3) is 2.31. The maximum Gasteiger partial charge on any atom is 0.142 e. The summed E-state index contributed by atoms with van der Waals surface area (Å²) in [6, 6.07) is 18.6. The number of fused-ring (bicyclic) bond motifs is 1. The molecule has 94 valence electrons. The zero-order chi connectivity index (χ0) is 13.2. The number of hydrogen-bond donors (Lipinski definition) is 3. The molecule has 19 heavy (non-hydrogen) atoms. The van der Waals surface area contributed by atoms with Crippen molar-refractivity contribution < 1.29 is 10.2 Å². The SMILES string of the molecule is Oc1ccc(Nc2ccc3ccccc3c2)c(O)c1. The monoisotopic (exact) mass is 251 g/mol. The van der Waals surface area contributed by atoms with Crippen LogP contribution in [0.25, 0.3) is 10.8 Å². The van der Waals surface area contributed by atoms with Gasteiger partial charge in [-0.15, -0.1) is 0 Å². The molecule has 0 spiro atoms. The predicted octanol–water partition coefficient (Wildman–Crippen LogP) is 3.99. The number of rotatable bonds is 2. The number of benzene rings is 3. The van der Waals surface area contributed by atoms with Crippen LogP contribution in [0.1, 0.15) is 0 Å².